The van der Waals surface area contributed by atoms with E-state index >= 15 is 0 Å². The van der Waals surface area contributed by atoms with Gasteiger partial charge in [-0.05, 0) is 50.4 Å². The summed E-state index contributed by atoms with van der Waals surface area (Å²) in [5, 5.41) is 6.86. The second-order valence-electron chi connectivity index (χ2n) is 6.08. The maximum atomic E-state index is 4.32. The first kappa shape index (κ1) is 20.2. The maximum absolute atomic E-state index is 4.32. The zero-order valence-corrected chi connectivity index (χ0v) is 16.8. The van der Waals surface area contributed by atoms with Crippen molar-refractivity contribution in [1.29, 1.82) is 0 Å². The number of hydrogen-bond acceptors (Lipinski definition) is 2. The summed E-state index contributed by atoms with van der Waals surface area (Å²) in [6, 6.07) is 10.4. The minimum Gasteiger partial charge on any atom is -0.356 e. The number of halogens is 1. The SMILES string of the molecule is CCCN1CCC(CNC(=NC)NCc2ccccc2)CC1.I. The highest BCUT2D eigenvalue weighted by atomic mass is 127. The molecule has 130 valence electrons. The third kappa shape index (κ3) is 7.52. The monoisotopic (exact) mass is 430 g/mol. The Hall–Kier alpha value is -0.820. The van der Waals surface area contributed by atoms with E-state index in [1.54, 1.807) is 0 Å². The fraction of sp³-hybridized carbons (Fsp3) is 0.611. The lowest BCUT2D eigenvalue weighted by Crippen LogP contribution is -2.42. The molecular weight excluding hydrogens is 399 g/mol. The fourth-order valence-electron chi connectivity index (χ4n) is 2.97. The van der Waals surface area contributed by atoms with Gasteiger partial charge >= 0.3 is 0 Å². The summed E-state index contributed by atoms with van der Waals surface area (Å²) < 4.78 is 0. The average Bonchev–Trinajstić information content (AvgIpc) is 2.57. The van der Waals surface area contributed by atoms with Crippen LogP contribution in [-0.4, -0.2) is 44.1 Å². The number of guanidine groups is 1. The topological polar surface area (TPSA) is 39.7 Å². The molecule has 0 spiro atoms. The first-order chi connectivity index (χ1) is 10.8. The van der Waals surface area contributed by atoms with Crippen molar-refractivity contribution in [3.05, 3.63) is 35.9 Å². The van der Waals surface area contributed by atoms with E-state index in [0.29, 0.717) is 0 Å². The number of benzene rings is 1. The van der Waals surface area contributed by atoms with Crippen LogP contribution < -0.4 is 10.6 Å². The molecule has 2 N–H and O–H groups in total. The third-order valence-corrected chi connectivity index (χ3v) is 4.33. The van der Waals surface area contributed by atoms with Crippen LogP contribution in [0, 0.1) is 5.92 Å². The Morgan fingerprint density at radius 1 is 1.17 bits per heavy atom. The van der Waals surface area contributed by atoms with Gasteiger partial charge in [-0.25, -0.2) is 0 Å². The summed E-state index contributed by atoms with van der Waals surface area (Å²) in [6.07, 6.45) is 3.85. The van der Waals surface area contributed by atoms with Crippen molar-refractivity contribution in [2.45, 2.75) is 32.7 Å². The van der Waals surface area contributed by atoms with Crippen LogP contribution in [0.2, 0.25) is 0 Å². The smallest absolute Gasteiger partial charge is 0.191 e. The van der Waals surface area contributed by atoms with E-state index in [1.165, 1.54) is 44.5 Å². The van der Waals surface area contributed by atoms with E-state index in [9.17, 15) is 0 Å². The molecule has 5 heteroatoms. The number of rotatable bonds is 6. The van der Waals surface area contributed by atoms with Gasteiger partial charge in [0.25, 0.3) is 0 Å². The van der Waals surface area contributed by atoms with Crippen molar-refractivity contribution in [1.82, 2.24) is 15.5 Å². The highest BCUT2D eigenvalue weighted by Crippen LogP contribution is 2.16. The molecule has 4 nitrogen and oxygen atoms in total. The molecule has 1 saturated heterocycles. The van der Waals surface area contributed by atoms with Gasteiger partial charge in [0, 0.05) is 20.1 Å². The molecule has 0 unspecified atom stereocenters. The molecule has 23 heavy (non-hydrogen) atoms. The summed E-state index contributed by atoms with van der Waals surface area (Å²) in [7, 11) is 1.84. The minimum absolute atomic E-state index is 0. The first-order valence-electron chi connectivity index (χ1n) is 8.52. The van der Waals surface area contributed by atoms with Crippen LogP contribution in [0.15, 0.2) is 35.3 Å². The van der Waals surface area contributed by atoms with Gasteiger partial charge in [0.2, 0.25) is 0 Å². The van der Waals surface area contributed by atoms with Crippen molar-refractivity contribution < 1.29 is 0 Å². The number of likely N-dealkylation sites (tertiary alicyclic amines) is 1. The standard InChI is InChI=1S/C18H30N4.HI/c1-3-11-22-12-9-17(10-13-22)15-21-18(19-2)20-14-16-7-5-4-6-8-16;/h4-8,17H,3,9-15H2,1-2H3,(H2,19,20,21);1H. The summed E-state index contributed by atoms with van der Waals surface area (Å²) in [5.41, 5.74) is 1.28. The predicted octanol–water partition coefficient (Wildman–Crippen LogP) is 3.09. The van der Waals surface area contributed by atoms with Gasteiger partial charge in [-0.15, -0.1) is 24.0 Å². The largest absolute Gasteiger partial charge is 0.356 e. The fourth-order valence-corrected chi connectivity index (χ4v) is 2.97. The number of hydrogen-bond donors (Lipinski definition) is 2. The third-order valence-electron chi connectivity index (χ3n) is 4.33. The first-order valence-corrected chi connectivity index (χ1v) is 8.52. The summed E-state index contributed by atoms with van der Waals surface area (Å²) in [4.78, 5) is 6.90. The lowest BCUT2D eigenvalue weighted by molar-refractivity contribution is 0.185. The van der Waals surface area contributed by atoms with Crippen LogP contribution >= 0.6 is 24.0 Å². The van der Waals surface area contributed by atoms with E-state index in [0.717, 1.165) is 25.0 Å². The van der Waals surface area contributed by atoms with Crippen molar-refractivity contribution in [2.75, 3.05) is 33.2 Å². The zero-order chi connectivity index (χ0) is 15.6. The summed E-state index contributed by atoms with van der Waals surface area (Å²) in [6.45, 7) is 7.84. The van der Waals surface area contributed by atoms with Crippen LogP contribution in [-0.2, 0) is 6.54 Å². The second-order valence-corrected chi connectivity index (χ2v) is 6.08. The van der Waals surface area contributed by atoms with Crippen LogP contribution in [0.5, 0.6) is 0 Å². The van der Waals surface area contributed by atoms with Gasteiger partial charge in [-0.1, -0.05) is 37.3 Å². The molecule has 0 radical (unpaired) electrons. The molecule has 2 rings (SSSR count). The molecular formula is C18H31IN4. The van der Waals surface area contributed by atoms with Crippen LogP contribution in [0.4, 0.5) is 0 Å². The average molecular weight is 430 g/mol. The number of nitrogens with zero attached hydrogens (tertiary/aromatic N) is 2. The van der Waals surface area contributed by atoms with Crippen molar-refractivity contribution >= 4 is 29.9 Å². The molecule has 0 amide bonds. The van der Waals surface area contributed by atoms with E-state index in [-0.39, 0.29) is 24.0 Å². The lowest BCUT2D eigenvalue weighted by Gasteiger charge is -2.32. The van der Waals surface area contributed by atoms with E-state index in [1.807, 2.05) is 13.1 Å². The molecule has 0 bridgehead atoms. The normalized spacial score (nSPS) is 16.7. The van der Waals surface area contributed by atoms with Crippen LogP contribution in [0.3, 0.4) is 0 Å². The van der Waals surface area contributed by atoms with Gasteiger partial charge in [-0.3, -0.25) is 4.99 Å². The van der Waals surface area contributed by atoms with E-state index < -0.39 is 0 Å². The Bertz CT molecular complexity index is 442. The Balaban J connectivity index is 0.00000264. The molecule has 0 atom stereocenters. The Kier molecular flexibility index (Phi) is 10.3. The Labute approximate surface area is 158 Å². The number of piperidine rings is 1. The molecule has 1 aromatic rings. The molecule has 1 aromatic carbocycles. The number of aliphatic imine (C=N–C) groups is 1. The molecule has 1 heterocycles. The Morgan fingerprint density at radius 3 is 2.48 bits per heavy atom. The quantitative estimate of drug-likeness (QED) is 0.414. The molecule has 1 aliphatic heterocycles. The predicted molar refractivity (Wildman–Crippen MR) is 110 cm³/mol. The minimum atomic E-state index is 0. The summed E-state index contributed by atoms with van der Waals surface area (Å²) in [5.74, 6) is 1.67. The maximum Gasteiger partial charge on any atom is 0.191 e. The Morgan fingerprint density at radius 2 is 1.87 bits per heavy atom. The van der Waals surface area contributed by atoms with Crippen molar-refractivity contribution in [3.63, 3.8) is 0 Å². The lowest BCUT2D eigenvalue weighted by atomic mass is 9.97. The van der Waals surface area contributed by atoms with Gasteiger partial charge in [0.05, 0.1) is 0 Å². The van der Waals surface area contributed by atoms with Crippen LogP contribution in [0.1, 0.15) is 31.7 Å². The number of nitrogens with one attached hydrogen (secondary N) is 2. The molecule has 1 fully saturated rings. The molecule has 0 aromatic heterocycles. The molecule has 1 aliphatic rings. The van der Waals surface area contributed by atoms with Gasteiger partial charge in [-0.2, -0.15) is 0 Å². The zero-order valence-electron chi connectivity index (χ0n) is 14.4. The molecule has 0 saturated carbocycles. The van der Waals surface area contributed by atoms with E-state index in [4.69, 9.17) is 0 Å². The van der Waals surface area contributed by atoms with Gasteiger partial charge in [0.1, 0.15) is 0 Å². The van der Waals surface area contributed by atoms with Crippen molar-refractivity contribution in [3.8, 4) is 0 Å². The summed E-state index contributed by atoms with van der Waals surface area (Å²) >= 11 is 0. The van der Waals surface area contributed by atoms with Gasteiger partial charge < -0.3 is 15.5 Å². The second kappa shape index (κ2) is 11.7. The van der Waals surface area contributed by atoms with Gasteiger partial charge in [0.15, 0.2) is 5.96 Å². The highest BCUT2D eigenvalue weighted by Gasteiger charge is 2.18. The molecule has 0 aliphatic carbocycles. The highest BCUT2D eigenvalue weighted by molar-refractivity contribution is 14.0. The van der Waals surface area contributed by atoms with E-state index in [2.05, 4.69) is 51.7 Å². The van der Waals surface area contributed by atoms with Crippen LogP contribution in [0.25, 0.3) is 0 Å². The van der Waals surface area contributed by atoms with Crippen molar-refractivity contribution in [2.24, 2.45) is 10.9 Å².